The van der Waals surface area contributed by atoms with Crippen molar-refractivity contribution < 1.29 is 19.6 Å². The third kappa shape index (κ3) is 6.71. The molecule has 2 rings (SSSR count). The van der Waals surface area contributed by atoms with Gasteiger partial charge in [0, 0.05) is 30.7 Å². The van der Waals surface area contributed by atoms with Crippen LogP contribution < -0.4 is 10.6 Å². The molecule has 0 bridgehead atoms. The predicted octanol–water partition coefficient (Wildman–Crippen LogP) is -0.244. The fourth-order valence-corrected chi connectivity index (χ4v) is 2.63. The molecule has 0 saturated carbocycles. The molecular formula is C18H24BN5O4. The van der Waals surface area contributed by atoms with E-state index < -0.39 is 30.9 Å². The van der Waals surface area contributed by atoms with Crippen LogP contribution in [0.5, 0.6) is 0 Å². The van der Waals surface area contributed by atoms with E-state index in [-0.39, 0.29) is 18.0 Å². The zero-order valence-electron chi connectivity index (χ0n) is 15.8. The number of hydrogen-bond acceptors (Lipinski definition) is 7. The topological polar surface area (TPSA) is 137 Å². The van der Waals surface area contributed by atoms with Crippen molar-refractivity contribution in [2.24, 2.45) is 5.92 Å². The number of carbonyl (C=O) groups is 2. The Morgan fingerprint density at radius 2 is 1.89 bits per heavy atom. The molecule has 2 atom stereocenters. The molecule has 9 nitrogen and oxygen atoms in total. The van der Waals surface area contributed by atoms with Gasteiger partial charge in [-0.2, -0.15) is 0 Å². The highest BCUT2D eigenvalue weighted by molar-refractivity contribution is 6.43. The van der Waals surface area contributed by atoms with Crippen molar-refractivity contribution in [2.75, 3.05) is 0 Å². The van der Waals surface area contributed by atoms with Crippen molar-refractivity contribution in [3.05, 3.63) is 54.4 Å². The summed E-state index contributed by atoms with van der Waals surface area (Å²) in [6, 6.07) is 4.29. The summed E-state index contributed by atoms with van der Waals surface area (Å²) >= 11 is 0. The largest absolute Gasteiger partial charge is 0.475 e. The Balaban J connectivity index is 2.16. The molecule has 0 aliphatic carbocycles. The molecule has 2 heterocycles. The zero-order chi connectivity index (χ0) is 20.5. The molecule has 10 heteroatoms. The van der Waals surface area contributed by atoms with E-state index in [2.05, 4.69) is 25.6 Å². The fourth-order valence-electron chi connectivity index (χ4n) is 2.63. The van der Waals surface area contributed by atoms with Gasteiger partial charge < -0.3 is 20.7 Å². The van der Waals surface area contributed by atoms with E-state index in [4.69, 9.17) is 0 Å². The lowest BCUT2D eigenvalue weighted by Gasteiger charge is -2.24. The maximum absolute atomic E-state index is 12.8. The third-order valence-electron chi connectivity index (χ3n) is 3.97. The van der Waals surface area contributed by atoms with Crippen LogP contribution in [-0.2, 0) is 11.2 Å². The zero-order valence-corrected chi connectivity index (χ0v) is 15.8. The Bertz CT molecular complexity index is 761. The molecular weight excluding hydrogens is 361 g/mol. The van der Waals surface area contributed by atoms with Crippen LogP contribution in [0.25, 0.3) is 0 Å². The molecule has 148 valence electrons. The molecule has 2 aromatic heterocycles. The fraction of sp³-hybridized carbons (Fsp3) is 0.389. The first-order valence-electron chi connectivity index (χ1n) is 9.00. The van der Waals surface area contributed by atoms with Crippen molar-refractivity contribution in [1.82, 2.24) is 25.6 Å². The van der Waals surface area contributed by atoms with Crippen molar-refractivity contribution in [1.29, 1.82) is 0 Å². The molecule has 0 aliphatic rings. The minimum absolute atomic E-state index is 0.0715. The second kappa shape index (κ2) is 10.5. The quantitative estimate of drug-likeness (QED) is 0.437. The van der Waals surface area contributed by atoms with Crippen molar-refractivity contribution in [3.8, 4) is 0 Å². The van der Waals surface area contributed by atoms with Gasteiger partial charge in [0.1, 0.15) is 11.7 Å². The Hall–Kier alpha value is -2.85. The number of pyridine rings is 1. The Kier molecular flexibility index (Phi) is 8.03. The van der Waals surface area contributed by atoms with Gasteiger partial charge in [-0.25, -0.2) is 4.98 Å². The Morgan fingerprint density at radius 1 is 1.11 bits per heavy atom. The van der Waals surface area contributed by atoms with Gasteiger partial charge in [0.15, 0.2) is 0 Å². The van der Waals surface area contributed by atoms with E-state index in [0.29, 0.717) is 12.1 Å². The van der Waals surface area contributed by atoms with Crippen molar-refractivity contribution >= 4 is 18.9 Å². The van der Waals surface area contributed by atoms with Gasteiger partial charge in [-0.3, -0.25) is 19.6 Å². The molecule has 0 unspecified atom stereocenters. The number of nitrogens with zero attached hydrogens (tertiary/aromatic N) is 3. The number of carbonyl (C=O) groups excluding carboxylic acids is 2. The van der Waals surface area contributed by atoms with E-state index >= 15 is 0 Å². The molecule has 0 aromatic carbocycles. The normalized spacial score (nSPS) is 12.9. The second-order valence-corrected chi connectivity index (χ2v) is 6.80. The van der Waals surface area contributed by atoms with E-state index in [1.807, 2.05) is 13.8 Å². The molecule has 4 N–H and O–H groups in total. The number of nitrogens with one attached hydrogen (secondary N) is 2. The number of hydrogen-bond donors (Lipinski definition) is 4. The van der Waals surface area contributed by atoms with Crippen LogP contribution in [0.2, 0.25) is 0 Å². The van der Waals surface area contributed by atoms with Crippen molar-refractivity contribution in [3.63, 3.8) is 0 Å². The monoisotopic (exact) mass is 385 g/mol. The molecule has 2 amide bonds. The highest BCUT2D eigenvalue weighted by Gasteiger charge is 2.30. The Labute approximate surface area is 163 Å². The first-order chi connectivity index (χ1) is 13.4. The minimum atomic E-state index is -1.71. The van der Waals surface area contributed by atoms with E-state index in [1.54, 1.807) is 24.4 Å². The van der Waals surface area contributed by atoms with E-state index in [0.717, 1.165) is 0 Å². The summed E-state index contributed by atoms with van der Waals surface area (Å²) in [5.41, 5.74) is 0.675. The standard InChI is InChI=1S/C18H24BN5O4/c1-12(2)9-16(19(27)28)24-17(25)14(10-13-5-3-4-6-21-13)23-18(26)15-11-20-7-8-22-15/h3-8,11-12,14,16,27-28H,9-10H2,1-2H3,(H,23,26)(H,24,25)/t14-,16-/m0/s1. The summed E-state index contributed by atoms with van der Waals surface area (Å²) in [5, 5.41) is 24.4. The van der Waals surface area contributed by atoms with Crippen LogP contribution in [0.1, 0.15) is 36.5 Å². The molecule has 0 saturated heterocycles. The lowest BCUT2D eigenvalue weighted by Crippen LogP contribution is -2.55. The first kappa shape index (κ1) is 21.5. The number of amides is 2. The summed E-state index contributed by atoms with van der Waals surface area (Å²) in [7, 11) is -1.71. The molecule has 28 heavy (non-hydrogen) atoms. The lowest BCUT2D eigenvalue weighted by atomic mass is 9.75. The molecule has 2 aromatic rings. The van der Waals surface area contributed by atoms with Crippen LogP contribution in [0.15, 0.2) is 43.0 Å². The third-order valence-corrected chi connectivity index (χ3v) is 3.97. The van der Waals surface area contributed by atoms with Crippen LogP contribution in [0.3, 0.4) is 0 Å². The molecule has 0 fully saturated rings. The highest BCUT2D eigenvalue weighted by Crippen LogP contribution is 2.08. The smallest absolute Gasteiger partial charge is 0.426 e. The highest BCUT2D eigenvalue weighted by atomic mass is 16.4. The first-order valence-corrected chi connectivity index (χ1v) is 9.00. The summed E-state index contributed by atoms with van der Waals surface area (Å²) < 4.78 is 0. The molecule has 0 radical (unpaired) electrons. The van der Waals surface area contributed by atoms with Gasteiger partial charge in [-0.05, 0) is 24.5 Å². The Morgan fingerprint density at radius 3 is 2.46 bits per heavy atom. The number of aromatic nitrogens is 3. The van der Waals surface area contributed by atoms with Gasteiger partial charge in [0.2, 0.25) is 5.91 Å². The maximum Gasteiger partial charge on any atom is 0.475 e. The van der Waals surface area contributed by atoms with Gasteiger partial charge in [-0.1, -0.05) is 19.9 Å². The van der Waals surface area contributed by atoms with Gasteiger partial charge in [-0.15, -0.1) is 0 Å². The van der Waals surface area contributed by atoms with Crippen LogP contribution in [0, 0.1) is 5.92 Å². The maximum atomic E-state index is 12.8. The minimum Gasteiger partial charge on any atom is -0.426 e. The SMILES string of the molecule is CC(C)C[C@H](NC(=O)[C@H](Cc1ccccn1)NC(=O)c1cnccn1)B(O)O. The average molecular weight is 385 g/mol. The van der Waals surface area contributed by atoms with E-state index in [9.17, 15) is 19.6 Å². The second-order valence-electron chi connectivity index (χ2n) is 6.80. The van der Waals surface area contributed by atoms with Crippen molar-refractivity contribution in [2.45, 2.75) is 38.7 Å². The number of rotatable bonds is 9. The van der Waals surface area contributed by atoms with Crippen LogP contribution in [0.4, 0.5) is 0 Å². The van der Waals surface area contributed by atoms with Gasteiger partial charge in [0.05, 0.1) is 12.1 Å². The summed E-state index contributed by atoms with van der Waals surface area (Å²) in [6.45, 7) is 3.81. The summed E-state index contributed by atoms with van der Waals surface area (Å²) in [6.07, 6.45) is 6.21. The van der Waals surface area contributed by atoms with E-state index in [1.165, 1.54) is 18.6 Å². The summed E-state index contributed by atoms with van der Waals surface area (Å²) in [5.74, 6) is -1.82. The lowest BCUT2D eigenvalue weighted by molar-refractivity contribution is -0.123. The van der Waals surface area contributed by atoms with Crippen LogP contribution in [-0.4, -0.2) is 55.9 Å². The van der Waals surface area contributed by atoms with Gasteiger partial charge in [0.25, 0.3) is 5.91 Å². The summed E-state index contributed by atoms with van der Waals surface area (Å²) in [4.78, 5) is 37.2. The van der Waals surface area contributed by atoms with Crippen LogP contribution >= 0.6 is 0 Å². The van der Waals surface area contributed by atoms with Gasteiger partial charge >= 0.3 is 7.12 Å². The predicted molar refractivity (Wildman–Crippen MR) is 103 cm³/mol. The average Bonchev–Trinajstić information content (AvgIpc) is 2.68. The molecule has 0 aliphatic heterocycles. The molecule has 0 spiro atoms.